The molecule has 0 aliphatic carbocycles. The topological polar surface area (TPSA) is 114 Å². The molecule has 3 rings (SSSR count). The van der Waals surface area contributed by atoms with Crippen LogP contribution >= 0.6 is 0 Å². The van der Waals surface area contributed by atoms with Crippen molar-refractivity contribution in [1.29, 1.82) is 0 Å². The van der Waals surface area contributed by atoms with Crippen molar-refractivity contribution in [1.82, 2.24) is 19.5 Å². The number of fused-ring (bicyclic) bond motifs is 1. The average molecular weight is 270 g/mol. The summed E-state index contributed by atoms with van der Waals surface area (Å²) in [6.45, 7) is -0.440. The number of nitrogens with zero attached hydrogens (tertiary/aromatic N) is 4. The standard InChI is InChI=1S/C10H11FN4O4/c11-8-5-9(13-2-12-8)15(3-14-5)10-7(18)6(17)4(1-16)19-10/h2-4,6-7,10,16-18H,1H2/t4-,6-,7-,10?/m1/s1. The van der Waals surface area contributed by atoms with E-state index >= 15 is 0 Å². The molecular formula is C10H11FN4O4. The third-order valence-electron chi connectivity index (χ3n) is 3.11. The van der Waals surface area contributed by atoms with Gasteiger partial charge in [-0.3, -0.25) is 4.57 Å². The summed E-state index contributed by atoms with van der Waals surface area (Å²) in [6, 6.07) is 0. The molecule has 0 bridgehead atoms. The van der Waals surface area contributed by atoms with Crippen LogP contribution in [0.5, 0.6) is 0 Å². The molecule has 1 aliphatic heterocycles. The van der Waals surface area contributed by atoms with Gasteiger partial charge >= 0.3 is 0 Å². The summed E-state index contributed by atoms with van der Waals surface area (Å²) in [5.74, 6) is -0.782. The molecule has 0 aromatic carbocycles. The van der Waals surface area contributed by atoms with Crippen molar-refractivity contribution in [2.24, 2.45) is 0 Å². The molecule has 4 atom stereocenters. The number of imidazole rings is 1. The molecule has 0 amide bonds. The van der Waals surface area contributed by atoms with Gasteiger partial charge in [-0.2, -0.15) is 4.39 Å². The fourth-order valence-electron chi connectivity index (χ4n) is 2.12. The zero-order valence-corrected chi connectivity index (χ0v) is 9.59. The van der Waals surface area contributed by atoms with Crippen LogP contribution in [0.2, 0.25) is 0 Å². The fourth-order valence-corrected chi connectivity index (χ4v) is 2.12. The second-order valence-corrected chi connectivity index (χ2v) is 4.22. The van der Waals surface area contributed by atoms with Crippen molar-refractivity contribution in [3.63, 3.8) is 0 Å². The van der Waals surface area contributed by atoms with Crippen molar-refractivity contribution >= 4 is 11.2 Å². The molecule has 2 aromatic heterocycles. The highest BCUT2D eigenvalue weighted by Crippen LogP contribution is 2.31. The zero-order chi connectivity index (χ0) is 13.6. The van der Waals surface area contributed by atoms with Crippen LogP contribution in [0.3, 0.4) is 0 Å². The van der Waals surface area contributed by atoms with Gasteiger partial charge in [0.25, 0.3) is 0 Å². The minimum Gasteiger partial charge on any atom is -0.394 e. The van der Waals surface area contributed by atoms with Gasteiger partial charge in [-0.15, -0.1) is 0 Å². The lowest BCUT2D eigenvalue weighted by Gasteiger charge is -2.16. The number of aliphatic hydroxyl groups is 3. The molecule has 1 unspecified atom stereocenters. The molecule has 9 heteroatoms. The van der Waals surface area contributed by atoms with Gasteiger partial charge in [0.1, 0.15) is 24.6 Å². The molecule has 3 heterocycles. The summed E-state index contributed by atoms with van der Waals surface area (Å²) in [5.41, 5.74) is 0.0857. The van der Waals surface area contributed by atoms with Crippen molar-refractivity contribution in [2.75, 3.05) is 6.61 Å². The molecule has 0 radical (unpaired) electrons. The van der Waals surface area contributed by atoms with Crippen molar-refractivity contribution in [2.45, 2.75) is 24.5 Å². The third-order valence-corrected chi connectivity index (χ3v) is 3.11. The predicted octanol–water partition coefficient (Wildman–Crippen LogP) is -1.42. The summed E-state index contributed by atoms with van der Waals surface area (Å²) in [7, 11) is 0. The highest BCUT2D eigenvalue weighted by molar-refractivity contribution is 5.69. The van der Waals surface area contributed by atoms with E-state index in [4.69, 9.17) is 9.84 Å². The Morgan fingerprint density at radius 3 is 2.74 bits per heavy atom. The zero-order valence-electron chi connectivity index (χ0n) is 9.59. The van der Waals surface area contributed by atoms with Gasteiger partial charge in [-0.25, -0.2) is 15.0 Å². The smallest absolute Gasteiger partial charge is 0.244 e. The predicted molar refractivity (Wildman–Crippen MR) is 58.3 cm³/mol. The Kier molecular flexibility index (Phi) is 2.90. The second kappa shape index (κ2) is 4.46. The van der Waals surface area contributed by atoms with Gasteiger partial charge in [-0.05, 0) is 0 Å². The molecule has 0 spiro atoms. The lowest BCUT2D eigenvalue weighted by atomic mass is 10.1. The fraction of sp³-hybridized carbons (Fsp3) is 0.500. The van der Waals surface area contributed by atoms with Gasteiger partial charge in [0.05, 0.1) is 12.9 Å². The quantitative estimate of drug-likeness (QED) is 0.574. The summed E-state index contributed by atoms with van der Waals surface area (Å²) in [5, 5.41) is 28.6. The maximum absolute atomic E-state index is 13.4. The van der Waals surface area contributed by atoms with Crippen molar-refractivity contribution in [3.8, 4) is 0 Å². The number of hydrogen-bond acceptors (Lipinski definition) is 7. The third kappa shape index (κ3) is 1.78. The first-order valence-corrected chi connectivity index (χ1v) is 5.59. The van der Waals surface area contributed by atoms with E-state index in [2.05, 4.69) is 15.0 Å². The van der Waals surface area contributed by atoms with Gasteiger partial charge in [0.2, 0.25) is 5.95 Å². The van der Waals surface area contributed by atoms with E-state index in [0.717, 1.165) is 6.33 Å². The van der Waals surface area contributed by atoms with E-state index in [-0.39, 0.29) is 11.2 Å². The number of hydrogen-bond donors (Lipinski definition) is 3. The number of ether oxygens (including phenoxy) is 1. The van der Waals surface area contributed by atoms with E-state index in [0.29, 0.717) is 0 Å². The maximum atomic E-state index is 13.4. The molecule has 0 saturated carbocycles. The second-order valence-electron chi connectivity index (χ2n) is 4.22. The summed E-state index contributed by atoms with van der Waals surface area (Å²) < 4.78 is 20.0. The number of halogens is 1. The Balaban J connectivity index is 2.04. The van der Waals surface area contributed by atoms with Crippen LogP contribution in [0, 0.1) is 5.95 Å². The van der Waals surface area contributed by atoms with Crippen LogP contribution in [0.1, 0.15) is 6.23 Å². The summed E-state index contributed by atoms with van der Waals surface area (Å²) in [4.78, 5) is 11.0. The number of rotatable bonds is 2. The average Bonchev–Trinajstić information content (AvgIpc) is 2.94. The molecule has 3 N–H and O–H groups in total. The number of aromatic nitrogens is 4. The first kappa shape index (κ1) is 12.4. The highest BCUT2D eigenvalue weighted by Gasteiger charge is 2.43. The van der Waals surface area contributed by atoms with E-state index in [1.54, 1.807) is 0 Å². The Bertz CT molecular complexity index is 606. The maximum Gasteiger partial charge on any atom is 0.244 e. The summed E-state index contributed by atoms with van der Waals surface area (Å²) >= 11 is 0. The molecule has 1 aliphatic rings. The lowest BCUT2D eigenvalue weighted by Crippen LogP contribution is -2.33. The molecule has 8 nitrogen and oxygen atoms in total. The minimum atomic E-state index is -1.27. The Morgan fingerprint density at radius 1 is 1.26 bits per heavy atom. The van der Waals surface area contributed by atoms with Crippen LogP contribution in [0.25, 0.3) is 11.2 Å². The van der Waals surface area contributed by atoms with Crippen LogP contribution in [-0.2, 0) is 4.74 Å². The van der Waals surface area contributed by atoms with E-state index in [9.17, 15) is 14.6 Å². The minimum absolute atomic E-state index is 0.0553. The van der Waals surface area contributed by atoms with Crippen molar-refractivity contribution < 1.29 is 24.4 Å². The monoisotopic (exact) mass is 270 g/mol. The lowest BCUT2D eigenvalue weighted by molar-refractivity contribution is -0.0511. The molecule has 1 saturated heterocycles. The van der Waals surface area contributed by atoms with E-state index in [1.807, 2.05) is 0 Å². The van der Waals surface area contributed by atoms with E-state index < -0.39 is 37.1 Å². The van der Waals surface area contributed by atoms with Crippen molar-refractivity contribution in [3.05, 3.63) is 18.6 Å². The Labute approximate surface area is 106 Å². The van der Waals surface area contributed by atoms with Gasteiger partial charge in [-0.1, -0.05) is 0 Å². The first-order valence-electron chi connectivity index (χ1n) is 5.59. The van der Waals surface area contributed by atoms with Crippen LogP contribution in [0.15, 0.2) is 12.7 Å². The van der Waals surface area contributed by atoms with Gasteiger partial charge < -0.3 is 20.1 Å². The van der Waals surface area contributed by atoms with Gasteiger partial charge in [0.15, 0.2) is 17.4 Å². The molecule has 102 valence electrons. The molecule has 1 fully saturated rings. The SMILES string of the molecule is OC[C@H]1OC(n2cnc3c(F)ncnc32)[C@H](O)[C@@H]1O. The van der Waals surface area contributed by atoms with Crippen LogP contribution in [0.4, 0.5) is 4.39 Å². The molecule has 19 heavy (non-hydrogen) atoms. The Hall–Kier alpha value is -1.68. The molecule has 2 aromatic rings. The Morgan fingerprint density at radius 2 is 2.05 bits per heavy atom. The van der Waals surface area contributed by atoms with Gasteiger partial charge in [0, 0.05) is 0 Å². The van der Waals surface area contributed by atoms with E-state index in [1.165, 1.54) is 10.9 Å². The highest BCUT2D eigenvalue weighted by atomic mass is 19.1. The van der Waals surface area contributed by atoms with Crippen LogP contribution < -0.4 is 0 Å². The van der Waals surface area contributed by atoms with Crippen LogP contribution in [-0.4, -0.2) is 59.8 Å². The molecular weight excluding hydrogens is 259 g/mol. The number of aliphatic hydroxyl groups excluding tert-OH is 3. The normalized spacial score (nSPS) is 31.2. The summed E-state index contributed by atoms with van der Waals surface area (Å²) in [6.07, 6.45) is -2.15. The first-order chi connectivity index (χ1) is 9.13. The largest absolute Gasteiger partial charge is 0.394 e.